The van der Waals surface area contributed by atoms with E-state index in [0.29, 0.717) is 12.1 Å². The predicted molar refractivity (Wildman–Crippen MR) is 81.4 cm³/mol. The number of aliphatic carboxylic acids is 2. The van der Waals surface area contributed by atoms with Gasteiger partial charge in [0.25, 0.3) is 0 Å². The maximum atomic E-state index is 11.5. The minimum atomic E-state index is -2.39. The largest absolute Gasteiger partial charge is 0.479 e. The summed E-state index contributed by atoms with van der Waals surface area (Å²) in [6, 6.07) is 6.71. The first kappa shape index (κ1) is 16.5. The van der Waals surface area contributed by atoms with E-state index in [1.807, 2.05) is 5.32 Å². The van der Waals surface area contributed by atoms with E-state index in [2.05, 4.69) is 10.3 Å². The monoisotopic (exact) mass is 319 g/mol. The number of carbonyl (C=O) groups excluding carboxylic acids is 1. The maximum absolute atomic E-state index is 11.5. The lowest BCUT2D eigenvalue weighted by Crippen LogP contribution is -2.61. The summed E-state index contributed by atoms with van der Waals surface area (Å²) in [6.45, 7) is 2.54. The lowest BCUT2D eigenvalue weighted by Gasteiger charge is -2.25. The van der Waals surface area contributed by atoms with E-state index in [0.717, 1.165) is 24.9 Å². The van der Waals surface area contributed by atoms with Crippen LogP contribution < -0.4 is 10.6 Å². The molecular weight excluding hydrogens is 302 g/mol. The van der Waals surface area contributed by atoms with Crippen LogP contribution in [0.15, 0.2) is 29.3 Å². The molecule has 8 heteroatoms. The van der Waals surface area contributed by atoms with Gasteiger partial charge < -0.3 is 20.8 Å². The number of hydrogen-bond acceptors (Lipinski definition) is 5. The molecule has 2 rings (SSSR count). The van der Waals surface area contributed by atoms with Crippen molar-refractivity contribution in [2.45, 2.75) is 18.9 Å². The Kier molecular flexibility index (Phi) is 4.63. The van der Waals surface area contributed by atoms with E-state index < -0.39 is 23.4 Å². The van der Waals surface area contributed by atoms with E-state index in [-0.39, 0.29) is 6.42 Å². The van der Waals surface area contributed by atoms with E-state index in [1.54, 1.807) is 24.3 Å². The molecule has 122 valence electrons. The van der Waals surface area contributed by atoms with Gasteiger partial charge in [0.05, 0.1) is 6.54 Å². The van der Waals surface area contributed by atoms with Crippen molar-refractivity contribution >= 4 is 23.7 Å². The molecule has 0 atom stereocenters. The Morgan fingerprint density at radius 2 is 1.83 bits per heavy atom. The van der Waals surface area contributed by atoms with Crippen molar-refractivity contribution in [3.8, 4) is 0 Å². The molecule has 0 fully saturated rings. The first-order chi connectivity index (χ1) is 10.8. The minimum absolute atomic E-state index is 0.364. The SMILES string of the molecule is CC(=O)NC(Cc1ccc(C2=NCCN2)cc1)(C(=O)O)C(=O)O. The van der Waals surface area contributed by atoms with E-state index in [9.17, 15) is 24.6 Å². The summed E-state index contributed by atoms with van der Waals surface area (Å²) in [6.07, 6.45) is -0.364. The standard InChI is InChI=1S/C15H17N3O5/c1-9(19)18-15(13(20)21,14(22)23)8-10-2-4-11(5-3-10)12-16-6-7-17-12/h2-5H,6-8H2,1H3,(H,16,17)(H,18,19)(H,20,21)(H,22,23). The third-order valence-electron chi connectivity index (χ3n) is 3.49. The van der Waals surface area contributed by atoms with Gasteiger partial charge in [0.2, 0.25) is 11.4 Å². The summed E-state index contributed by atoms with van der Waals surface area (Å²) >= 11 is 0. The highest BCUT2D eigenvalue weighted by molar-refractivity contribution is 6.06. The fourth-order valence-electron chi connectivity index (χ4n) is 2.37. The lowest BCUT2D eigenvalue weighted by molar-refractivity contribution is -0.161. The molecule has 1 aromatic carbocycles. The first-order valence-corrected chi connectivity index (χ1v) is 6.98. The molecule has 1 aliphatic heterocycles. The molecule has 0 saturated heterocycles. The van der Waals surface area contributed by atoms with E-state index >= 15 is 0 Å². The van der Waals surface area contributed by atoms with Crippen LogP contribution in [-0.2, 0) is 20.8 Å². The second-order valence-corrected chi connectivity index (χ2v) is 5.23. The number of aliphatic imine (C=N–C) groups is 1. The Balaban J connectivity index is 2.27. The Morgan fingerprint density at radius 3 is 2.26 bits per heavy atom. The molecule has 1 aliphatic rings. The number of carboxylic acid groups (broad SMARTS) is 2. The van der Waals surface area contributed by atoms with Gasteiger partial charge in [-0.1, -0.05) is 24.3 Å². The van der Waals surface area contributed by atoms with Crippen molar-refractivity contribution in [1.29, 1.82) is 0 Å². The highest BCUT2D eigenvalue weighted by Gasteiger charge is 2.47. The molecule has 1 amide bonds. The zero-order chi connectivity index (χ0) is 17.0. The van der Waals surface area contributed by atoms with Crippen LogP contribution in [0.25, 0.3) is 0 Å². The molecule has 0 aromatic heterocycles. The summed E-state index contributed by atoms with van der Waals surface area (Å²) in [4.78, 5) is 38.4. The molecule has 0 bridgehead atoms. The van der Waals surface area contributed by atoms with Gasteiger partial charge in [0.1, 0.15) is 5.84 Å². The molecule has 8 nitrogen and oxygen atoms in total. The van der Waals surface area contributed by atoms with Crippen LogP contribution in [0.1, 0.15) is 18.1 Å². The zero-order valence-corrected chi connectivity index (χ0v) is 12.5. The number of carboxylic acids is 2. The zero-order valence-electron chi connectivity index (χ0n) is 12.5. The predicted octanol–water partition coefficient (Wildman–Crippen LogP) is -0.377. The average Bonchev–Trinajstić information content (AvgIpc) is 3.00. The van der Waals surface area contributed by atoms with Gasteiger partial charge in [-0.05, 0) is 5.56 Å². The van der Waals surface area contributed by atoms with Crippen molar-refractivity contribution in [2.24, 2.45) is 4.99 Å². The minimum Gasteiger partial charge on any atom is -0.479 e. The number of carbonyl (C=O) groups is 3. The molecule has 23 heavy (non-hydrogen) atoms. The van der Waals surface area contributed by atoms with Crippen LogP contribution >= 0.6 is 0 Å². The Bertz CT molecular complexity index is 652. The number of nitrogens with zero attached hydrogens (tertiary/aromatic N) is 1. The molecule has 1 aromatic rings. The van der Waals surface area contributed by atoms with Crippen molar-refractivity contribution in [1.82, 2.24) is 10.6 Å². The fourth-order valence-corrected chi connectivity index (χ4v) is 2.37. The van der Waals surface area contributed by atoms with Crippen LogP contribution in [-0.4, -0.2) is 52.5 Å². The van der Waals surface area contributed by atoms with E-state index in [4.69, 9.17) is 0 Å². The number of hydrogen-bond donors (Lipinski definition) is 4. The quantitative estimate of drug-likeness (QED) is 0.529. The maximum Gasteiger partial charge on any atom is 0.341 e. The van der Waals surface area contributed by atoms with Gasteiger partial charge >= 0.3 is 11.9 Å². The third-order valence-corrected chi connectivity index (χ3v) is 3.49. The van der Waals surface area contributed by atoms with Crippen LogP contribution in [0.5, 0.6) is 0 Å². The smallest absolute Gasteiger partial charge is 0.341 e. The normalized spacial score (nSPS) is 13.9. The fraction of sp³-hybridized carbons (Fsp3) is 0.333. The molecule has 4 N–H and O–H groups in total. The number of amides is 1. The lowest BCUT2D eigenvalue weighted by atomic mass is 9.90. The molecule has 0 aliphatic carbocycles. The van der Waals surface area contributed by atoms with Gasteiger partial charge in [-0.25, -0.2) is 9.59 Å². The van der Waals surface area contributed by atoms with Gasteiger partial charge in [0.15, 0.2) is 0 Å². The Labute approximate surface area is 132 Å². The average molecular weight is 319 g/mol. The van der Waals surface area contributed by atoms with Gasteiger partial charge in [-0.15, -0.1) is 0 Å². The summed E-state index contributed by atoms with van der Waals surface area (Å²) in [5, 5.41) is 23.8. The van der Waals surface area contributed by atoms with Gasteiger partial charge in [-0.2, -0.15) is 0 Å². The summed E-state index contributed by atoms with van der Waals surface area (Å²) in [7, 11) is 0. The molecule has 1 heterocycles. The van der Waals surface area contributed by atoms with Gasteiger partial charge in [0, 0.05) is 25.5 Å². The van der Waals surface area contributed by atoms with Gasteiger partial charge in [-0.3, -0.25) is 9.79 Å². The van der Waals surface area contributed by atoms with Crippen molar-refractivity contribution in [2.75, 3.05) is 13.1 Å². The topological polar surface area (TPSA) is 128 Å². The number of benzene rings is 1. The highest BCUT2D eigenvalue weighted by Crippen LogP contribution is 2.17. The number of nitrogens with one attached hydrogen (secondary N) is 2. The van der Waals surface area contributed by atoms with Crippen molar-refractivity contribution in [3.05, 3.63) is 35.4 Å². The van der Waals surface area contributed by atoms with Crippen LogP contribution in [0.2, 0.25) is 0 Å². The molecule has 0 radical (unpaired) electrons. The third kappa shape index (κ3) is 3.47. The van der Waals surface area contributed by atoms with E-state index in [1.165, 1.54) is 0 Å². The summed E-state index contributed by atoms with van der Waals surface area (Å²) in [5.41, 5.74) is -1.08. The second kappa shape index (κ2) is 6.47. The number of amidine groups is 1. The van der Waals surface area contributed by atoms with Crippen LogP contribution in [0.3, 0.4) is 0 Å². The Hall–Kier alpha value is -2.90. The van der Waals surface area contributed by atoms with Crippen molar-refractivity contribution in [3.63, 3.8) is 0 Å². The van der Waals surface area contributed by atoms with Crippen LogP contribution in [0.4, 0.5) is 0 Å². The molecular formula is C15H17N3O5. The first-order valence-electron chi connectivity index (χ1n) is 6.98. The molecule has 0 spiro atoms. The molecule has 0 unspecified atom stereocenters. The van der Waals surface area contributed by atoms with Crippen molar-refractivity contribution < 1.29 is 24.6 Å². The second-order valence-electron chi connectivity index (χ2n) is 5.23. The summed E-state index contributed by atoms with van der Waals surface area (Å²) < 4.78 is 0. The van der Waals surface area contributed by atoms with Crippen LogP contribution in [0, 0.1) is 0 Å². The number of rotatable bonds is 6. The summed E-state index contributed by atoms with van der Waals surface area (Å²) in [5.74, 6) is -3.21. The molecule has 0 saturated carbocycles. The highest BCUT2D eigenvalue weighted by atomic mass is 16.4. The Morgan fingerprint density at radius 1 is 1.22 bits per heavy atom.